The summed E-state index contributed by atoms with van der Waals surface area (Å²) in [5, 5.41) is 31.5. The van der Waals surface area contributed by atoms with Gasteiger partial charge in [0.05, 0.1) is 0 Å². The lowest BCUT2D eigenvalue weighted by molar-refractivity contribution is -0.268. The van der Waals surface area contributed by atoms with E-state index in [1.807, 2.05) is 0 Å². The number of amides is 1. The highest BCUT2D eigenvalue weighted by atomic mass is 16.6. The SMILES string of the molecule is CC(=O)N[C@H]1C(O)O[C@H](COC(C)=O)[C@@H](O)[C@@H]1O[C@H](C)C(=O)O. The van der Waals surface area contributed by atoms with Crippen LogP contribution in [0.4, 0.5) is 0 Å². The van der Waals surface area contributed by atoms with E-state index in [1.54, 1.807) is 0 Å². The maximum absolute atomic E-state index is 11.2. The molecule has 0 saturated carbocycles. The van der Waals surface area contributed by atoms with Gasteiger partial charge in [-0.15, -0.1) is 0 Å². The summed E-state index contributed by atoms with van der Waals surface area (Å²) >= 11 is 0. The highest BCUT2D eigenvalue weighted by Gasteiger charge is 2.47. The van der Waals surface area contributed by atoms with E-state index in [2.05, 4.69) is 5.32 Å². The van der Waals surface area contributed by atoms with Crippen molar-refractivity contribution in [2.24, 2.45) is 0 Å². The standard InChI is InChI=1S/C13H21NO9/c1-5(12(18)19)22-11-9(14-6(2)15)13(20)23-8(10(11)17)4-21-7(3)16/h5,8-11,13,17,20H,4H2,1-3H3,(H,14,15)(H,18,19)/t5-,8-,9-,10-,11-,13?/m1/s1. The number of aliphatic hydroxyl groups excluding tert-OH is 2. The molecule has 1 rings (SSSR count). The van der Waals surface area contributed by atoms with E-state index >= 15 is 0 Å². The zero-order valence-corrected chi connectivity index (χ0v) is 13.0. The van der Waals surface area contributed by atoms with Crippen molar-refractivity contribution >= 4 is 17.8 Å². The number of carboxylic acids is 1. The summed E-state index contributed by atoms with van der Waals surface area (Å²) in [6.07, 6.45) is -6.71. The first kappa shape index (κ1) is 19.3. The fourth-order valence-corrected chi connectivity index (χ4v) is 2.12. The van der Waals surface area contributed by atoms with Crippen LogP contribution in [-0.2, 0) is 28.6 Å². The third kappa shape index (κ3) is 5.43. The molecule has 6 atom stereocenters. The molecule has 10 nitrogen and oxygen atoms in total. The second kappa shape index (κ2) is 8.20. The van der Waals surface area contributed by atoms with Crippen LogP contribution in [0.3, 0.4) is 0 Å². The van der Waals surface area contributed by atoms with Crippen LogP contribution in [0, 0.1) is 0 Å². The van der Waals surface area contributed by atoms with Crippen molar-refractivity contribution in [1.82, 2.24) is 5.32 Å². The highest BCUT2D eigenvalue weighted by Crippen LogP contribution is 2.24. The predicted molar refractivity (Wildman–Crippen MR) is 73.1 cm³/mol. The van der Waals surface area contributed by atoms with Crippen molar-refractivity contribution in [3.63, 3.8) is 0 Å². The fourth-order valence-electron chi connectivity index (χ4n) is 2.12. The van der Waals surface area contributed by atoms with Crippen molar-refractivity contribution in [1.29, 1.82) is 0 Å². The number of carboxylic acid groups (broad SMARTS) is 1. The number of carbonyl (C=O) groups is 3. The Hall–Kier alpha value is -1.75. The first-order valence-corrected chi connectivity index (χ1v) is 6.93. The smallest absolute Gasteiger partial charge is 0.332 e. The Bertz CT molecular complexity index is 455. The Labute approximate surface area is 132 Å². The molecule has 0 bridgehead atoms. The highest BCUT2D eigenvalue weighted by molar-refractivity contribution is 5.73. The quantitative estimate of drug-likeness (QED) is 0.403. The van der Waals surface area contributed by atoms with E-state index in [-0.39, 0.29) is 6.61 Å². The molecule has 0 spiro atoms. The van der Waals surface area contributed by atoms with Crippen LogP contribution >= 0.6 is 0 Å². The Morgan fingerprint density at radius 3 is 2.35 bits per heavy atom. The summed E-state index contributed by atoms with van der Waals surface area (Å²) in [4.78, 5) is 33.0. The molecule has 1 aliphatic heterocycles. The third-order valence-electron chi connectivity index (χ3n) is 3.22. The van der Waals surface area contributed by atoms with Crippen molar-refractivity contribution in [3.8, 4) is 0 Å². The van der Waals surface area contributed by atoms with Gasteiger partial charge in [-0.25, -0.2) is 4.79 Å². The molecule has 1 heterocycles. The lowest BCUT2D eigenvalue weighted by Gasteiger charge is -2.43. The number of aliphatic carboxylic acids is 1. The maximum Gasteiger partial charge on any atom is 0.332 e. The molecule has 1 amide bonds. The van der Waals surface area contributed by atoms with Gasteiger partial charge in [0.25, 0.3) is 0 Å². The lowest BCUT2D eigenvalue weighted by Crippen LogP contribution is -2.65. The van der Waals surface area contributed by atoms with E-state index in [1.165, 1.54) is 13.8 Å². The van der Waals surface area contributed by atoms with E-state index in [0.29, 0.717) is 0 Å². The van der Waals surface area contributed by atoms with Gasteiger partial charge >= 0.3 is 11.9 Å². The third-order valence-corrected chi connectivity index (χ3v) is 3.22. The number of ether oxygens (including phenoxy) is 3. The summed E-state index contributed by atoms with van der Waals surface area (Å²) in [5.41, 5.74) is 0. The summed E-state index contributed by atoms with van der Waals surface area (Å²) in [5.74, 6) is -2.42. The summed E-state index contributed by atoms with van der Waals surface area (Å²) < 4.78 is 15.1. The molecule has 1 unspecified atom stereocenters. The largest absolute Gasteiger partial charge is 0.479 e. The van der Waals surface area contributed by atoms with Gasteiger partial charge in [-0.2, -0.15) is 0 Å². The molecule has 0 aromatic carbocycles. The van der Waals surface area contributed by atoms with Crippen LogP contribution in [0.1, 0.15) is 20.8 Å². The number of nitrogens with one attached hydrogen (secondary N) is 1. The van der Waals surface area contributed by atoms with E-state index in [9.17, 15) is 24.6 Å². The number of rotatable bonds is 6. The molecule has 0 aromatic rings. The molecule has 1 fully saturated rings. The molecule has 23 heavy (non-hydrogen) atoms. The zero-order valence-electron chi connectivity index (χ0n) is 13.0. The summed E-state index contributed by atoms with van der Waals surface area (Å²) in [7, 11) is 0. The van der Waals surface area contributed by atoms with Gasteiger partial charge in [0.2, 0.25) is 5.91 Å². The topological polar surface area (TPSA) is 152 Å². The van der Waals surface area contributed by atoms with Crippen LogP contribution in [0.25, 0.3) is 0 Å². The fraction of sp³-hybridized carbons (Fsp3) is 0.769. The molecule has 10 heteroatoms. The van der Waals surface area contributed by atoms with Crippen LogP contribution in [-0.4, -0.2) is 76.5 Å². The Balaban J connectivity index is 2.93. The van der Waals surface area contributed by atoms with Crippen molar-refractivity contribution in [3.05, 3.63) is 0 Å². The first-order chi connectivity index (χ1) is 10.6. The molecule has 4 N–H and O–H groups in total. The minimum Gasteiger partial charge on any atom is -0.479 e. The maximum atomic E-state index is 11.2. The van der Waals surface area contributed by atoms with Gasteiger partial charge in [0.15, 0.2) is 12.4 Å². The molecule has 132 valence electrons. The molecule has 0 radical (unpaired) electrons. The average Bonchev–Trinajstić information content (AvgIpc) is 2.43. The van der Waals surface area contributed by atoms with E-state index in [4.69, 9.17) is 19.3 Å². The normalized spacial score (nSPS) is 32.0. The molecule has 1 aliphatic rings. The predicted octanol–water partition coefficient (Wildman–Crippen LogP) is -2.01. The van der Waals surface area contributed by atoms with Crippen LogP contribution in [0.2, 0.25) is 0 Å². The molecular formula is C13H21NO9. The number of aliphatic hydroxyl groups is 2. The van der Waals surface area contributed by atoms with Crippen LogP contribution < -0.4 is 5.32 Å². The van der Waals surface area contributed by atoms with E-state index in [0.717, 1.165) is 6.92 Å². The van der Waals surface area contributed by atoms with Gasteiger partial charge in [-0.1, -0.05) is 0 Å². The van der Waals surface area contributed by atoms with Crippen molar-refractivity contribution in [2.45, 2.75) is 57.5 Å². The summed E-state index contributed by atoms with van der Waals surface area (Å²) in [6, 6.07) is -1.18. The van der Waals surface area contributed by atoms with E-state index < -0.39 is 54.6 Å². The van der Waals surface area contributed by atoms with Gasteiger partial charge < -0.3 is 34.8 Å². The molecular weight excluding hydrogens is 314 g/mol. The van der Waals surface area contributed by atoms with Crippen LogP contribution in [0.5, 0.6) is 0 Å². The minimum atomic E-state index is -1.58. The number of esters is 1. The number of hydrogen-bond donors (Lipinski definition) is 4. The second-order valence-corrected chi connectivity index (χ2v) is 5.17. The second-order valence-electron chi connectivity index (χ2n) is 5.17. The molecule has 0 aromatic heterocycles. The average molecular weight is 335 g/mol. The zero-order chi connectivity index (χ0) is 17.7. The number of carbonyl (C=O) groups excluding carboxylic acids is 2. The number of hydrogen-bond acceptors (Lipinski definition) is 8. The molecule has 1 saturated heterocycles. The Morgan fingerprint density at radius 2 is 1.87 bits per heavy atom. The minimum absolute atomic E-state index is 0.359. The van der Waals surface area contributed by atoms with Gasteiger partial charge in [-0.3, -0.25) is 9.59 Å². The summed E-state index contributed by atoms with van der Waals surface area (Å²) in [6.45, 7) is 3.22. The lowest BCUT2D eigenvalue weighted by atomic mass is 9.96. The Morgan fingerprint density at radius 1 is 1.26 bits per heavy atom. The van der Waals surface area contributed by atoms with Gasteiger partial charge in [0.1, 0.15) is 31.0 Å². The van der Waals surface area contributed by atoms with Crippen LogP contribution in [0.15, 0.2) is 0 Å². The van der Waals surface area contributed by atoms with Crippen molar-refractivity contribution in [2.75, 3.05) is 6.61 Å². The Kier molecular flexibility index (Phi) is 6.88. The molecule has 0 aliphatic carbocycles. The monoisotopic (exact) mass is 335 g/mol. The van der Waals surface area contributed by atoms with Gasteiger partial charge in [0, 0.05) is 13.8 Å². The first-order valence-electron chi connectivity index (χ1n) is 6.93. The van der Waals surface area contributed by atoms with Gasteiger partial charge in [-0.05, 0) is 6.92 Å². The van der Waals surface area contributed by atoms with Crippen molar-refractivity contribution < 1.29 is 43.9 Å².